The third kappa shape index (κ3) is 3.30. The van der Waals surface area contributed by atoms with Gasteiger partial charge in [-0.15, -0.1) is 0 Å². The molecule has 2 N–H and O–H groups in total. The van der Waals surface area contributed by atoms with Gasteiger partial charge in [0.25, 0.3) is 5.91 Å². The van der Waals surface area contributed by atoms with Gasteiger partial charge in [-0.3, -0.25) is 14.7 Å². The smallest absolute Gasteiger partial charge is 0.273 e. The first-order valence-electron chi connectivity index (χ1n) is 8.67. The van der Waals surface area contributed by atoms with Crippen LogP contribution in [-0.2, 0) is 4.79 Å². The van der Waals surface area contributed by atoms with Crippen LogP contribution in [-0.4, -0.2) is 51.7 Å². The summed E-state index contributed by atoms with van der Waals surface area (Å²) in [7, 11) is 0. The lowest BCUT2D eigenvalue weighted by molar-refractivity contribution is -0.127. The van der Waals surface area contributed by atoms with Crippen molar-refractivity contribution in [2.75, 3.05) is 19.6 Å². The number of hydrogen-bond donors (Lipinski definition) is 2. The van der Waals surface area contributed by atoms with E-state index in [1.54, 1.807) is 12.3 Å². The molecule has 0 bridgehead atoms. The molecule has 0 saturated carbocycles. The second-order valence-electron chi connectivity index (χ2n) is 6.34. The zero-order valence-corrected chi connectivity index (χ0v) is 14.2. The molecule has 1 saturated heterocycles. The first-order chi connectivity index (χ1) is 12.7. The van der Waals surface area contributed by atoms with Crippen molar-refractivity contribution in [1.82, 2.24) is 25.6 Å². The number of H-pyrrole nitrogens is 1. The Hall–Kier alpha value is -3.16. The number of likely N-dealkylation sites (tertiary alicyclic amines) is 1. The predicted molar refractivity (Wildman–Crippen MR) is 94.4 cm³/mol. The fourth-order valence-electron chi connectivity index (χ4n) is 3.12. The maximum absolute atomic E-state index is 12.2. The van der Waals surface area contributed by atoms with Crippen LogP contribution in [0.4, 0.5) is 0 Å². The van der Waals surface area contributed by atoms with Crippen molar-refractivity contribution in [2.45, 2.75) is 19.3 Å². The highest BCUT2D eigenvalue weighted by atomic mass is 16.5. The number of aromatic nitrogens is 3. The molecule has 0 radical (unpaired) electrons. The average Bonchev–Trinajstić information content (AvgIpc) is 3.38. The van der Waals surface area contributed by atoms with E-state index in [2.05, 4.69) is 20.7 Å². The van der Waals surface area contributed by atoms with E-state index in [9.17, 15) is 9.59 Å². The van der Waals surface area contributed by atoms with E-state index in [1.807, 2.05) is 23.1 Å². The Morgan fingerprint density at radius 2 is 2.27 bits per heavy atom. The molecule has 2 aromatic heterocycles. The highest BCUT2D eigenvalue weighted by Crippen LogP contribution is 2.24. The van der Waals surface area contributed by atoms with Gasteiger partial charge in [-0.05, 0) is 31.0 Å². The molecule has 1 aliphatic heterocycles. The number of fused-ring (bicyclic) bond motifs is 1. The topological polar surface area (TPSA) is 104 Å². The maximum atomic E-state index is 12.2. The summed E-state index contributed by atoms with van der Waals surface area (Å²) in [5.41, 5.74) is 2.00. The van der Waals surface area contributed by atoms with E-state index in [1.165, 1.54) is 0 Å². The van der Waals surface area contributed by atoms with Crippen LogP contribution in [0.3, 0.4) is 0 Å². The van der Waals surface area contributed by atoms with Gasteiger partial charge in [0.05, 0.1) is 11.7 Å². The van der Waals surface area contributed by atoms with Gasteiger partial charge < -0.3 is 14.7 Å². The summed E-state index contributed by atoms with van der Waals surface area (Å²) in [5.74, 6) is 0.449. The van der Waals surface area contributed by atoms with Crippen molar-refractivity contribution in [1.29, 1.82) is 0 Å². The lowest BCUT2D eigenvalue weighted by Gasteiger charge is -2.14. The number of benzene rings is 1. The number of nitrogens with one attached hydrogen (secondary N) is 2. The predicted octanol–water partition coefficient (Wildman–Crippen LogP) is 1.96. The van der Waals surface area contributed by atoms with E-state index in [-0.39, 0.29) is 17.5 Å². The van der Waals surface area contributed by atoms with Crippen molar-refractivity contribution in [2.24, 2.45) is 0 Å². The van der Waals surface area contributed by atoms with Crippen LogP contribution in [0.5, 0.6) is 0 Å². The Balaban J connectivity index is 1.33. The van der Waals surface area contributed by atoms with Gasteiger partial charge in [0.2, 0.25) is 5.91 Å². The highest BCUT2D eigenvalue weighted by Gasteiger charge is 2.19. The summed E-state index contributed by atoms with van der Waals surface area (Å²) in [6, 6.07) is 7.34. The zero-order valence-electron chi connectivity index (χ0n) is 14.2. The maximum Gasteiger partial charge on any atom is 0.273 e. The highest BCUT2D eigenvalue weighted by molar-refractivity contribution is 5.93. The molecule has 26 heavy (non-hydrogen) atoms. The number of amides is 2. The van der Waals surface area contributed by atoms with Gasteiger partial charge in [-0.1, -0.05) is 5.16 Å². The van der Waals surface area contributed by atoms with Crippen molar-refractivity contribution in [3.8, 4) is 11.3 Å². The number of rotatable bonds is 6. The van der Waals surface area contributed by atoms with Crippen LogP contribution in [0.15, 0.2) is 35.0 Å². The minimum absolute atomic E-state index is 0.201. The number of nitrogens with zero attached hydrogens (tertiary/aromatic N) is 3. The largest absolute Gasteiger partial charge is 0.355 e. The first kappa shape index (κ1) is 16.3. The standard InChI is InChI=1S/C18H19N5O3/c24-17-3-1-7-23(17)8-2-6-19-18(25)15-10-16(26-22-15)12-4-5-14-13(9-12)11-20-21-14/h4-5,9-11H,1-3,6-8H2,(H,19,25)(H,20,21). The summed E-state index contributed by atoms with van der Waals surface area (Å²) in [5, 5.41) is 14.5. The molecule has 0 unspecified atom stereocenters. The minimum Gasteiger partial charge on any atom is -0.355 e. The molecule has 8 heteroatoms. The van der Waals surface area contributed by atoms with Crippen LogP contribution in [0, 0.1) is 0 Å². The number of hydrogen-bond acceptors (Lipinski definition) is 5. The fraction of sp³-hybridized carbons (Fsp3) is 0.333. The van der Waals surface area contributed by atoms with E-state index >= 15 is 0 Å². The molecular formula is C18H19N5O3. The molecule has 0 atom stereocenters. The molecule has 0 aliphatic carbocycles. The Labute approximate surface area is 149 Å². The zero-order chi connectivity index (χ0) is 17.9. The third-order valence-electron chi connectivity index (χ3n) is 4.53. The van der Waals surface area contributed by atoms with Gasteiger partial charge in [0.15, 0.2) is 11.5 Å². The van der Waals surface area contributed by atoms with E-state index in [0.29, 0.717) is 25.3 Å². The second-order valence-corrected chi connectivity index (χ2v) is 6.34. The molecule has 0 spiro atoms. The molecular weight excluding hydrogens is 334 g/mol. The van der Waals surface area contributed by atoms with Gasteiger partial charge in [-0.25, -0.2) is 0 Å². The van der Waals surface area contributed by atoms with E-state index < -0.39 is 0 Å². The second kappa shape index (κ2) is 6.99. The number of aromatic amines is 1. The Bertz CT molecular complexity index is 945. The normalized spacial score (nSPS) is 14.3. The number of carbonyl (C=O) groups is 2. The molecule has 1 aliphatic rings. The van der Waals surface area contributed by atoms with Gasteiger partial charge in [-0.2, -0.15) is 5.10 Å². The molecule has 3 heterocycles. The fourth-order valence-corrected chi connectivity index (χ4v) is 3.12. The lowest BCUT2D eigenvalue weighted by Crippen LogP contribution is -2.30. The van der Waals surface area contributed by atoms with Crippen molar-refractivity contribution in [3.05, 3.63) is 36.2 Å². The quantitative estimate of drug-likeness (QED) is 0.659. The third-order valence-corrected chi connectivity index (χ3v) is 4.53. The van der Waals surface area contributed by atoms with Crippen LogP contribution in [0.2, 0.25) is 0 Å². The summed E-state index contributed by atoms with van der Waals surface area (Å²) in [4.78, 5) is 25.6. The Kier molecular flexibility index (Phi) is 4.39. The van der Waals surface area contributed by atoms with E-state index in [0.717, 1.165) is 35.9 Å². The molecule has 2 amide bonds. The molecule has 1 fully saturated rings. The Morgan fingerprint density at radius 1 is 1.35 bits per heavy atom. The van der Waals surface area contributed by atoms with Crippen LogP contribution in [0.1, 0.15) is 29.8 Å². The summed E-state index contributed by atoms with van der Waals surface area (Å²) < 4.78 is 5.30. The van der Waals surface area contributed by atoms with Crippen LogP contribution >= 0.6 is 0 Å². The van der Waals surface area contributed by atoms with Gasteiger partial charge in [0.1, 0.15) is 0 Å². The molecule has 3 aromatic rings. The lowest BCUT2D eigenvalue weighted by atomic mass is 10.1. The monoisotopic (exact) mass is 353 g/mol. The van der Waals surface area contributed by atoms with Crippen LogP contribution < -0.4 is 5.32 Å². The van der Waals surface area contributed by atoms with Crippen molar-refractivity contribution >= 4 is 22.7 Å². The molecule has 8 nitrogen and oxygen atoms in total. The van der Waals surface area contributed by atoms with Crippen molar-refractivity contribution < 1.29 is 14.1 Å². The summed E-state index contributed by atoms with van der Waals surface area (Å²) in [6.45, 7) is 1.99. The van der Waals surface area contributed by atoms with E-state index in [4.69, 9.17) is 4.52 Å². The van der Waals surface area contributed by atoms with Crippen LogP contribution in [0.25, 0.3) is 22.2 Å². The molecule has 4 rings (SSSR count). The first-order valence-corrected chi connectivity index (χ1v) is 8.67. The SMILES string of the molecule is O=C(NCCCN1CCCC1=O)c1cc(-c2ccc3[nH]ncc3c2)on1. The van der Waals surface area contributed by atoms with Crippen molar-refractivity contribution in [3.63, 3.8) is 0 Å². The van der Waals surface area contributed by atoms with Gasteiger partial charge in [0, 0.05) is 43.1 Å². The minimum atomic E-state index is -0.280. The Morgan fingerprint density at radius 3 is 3.12 bits per heavy atom. The molecule has 134 valence electrons. The average molecular weight is 353 g/mol. The molecule has 1 aromatic carbocycles. The number of carbonyl (C=O) groups excluding carboxylic acids is 2. The van der Waals surface area contributed by atoms with Gasteiger partial charge >= 0.3 is 0 Å². The summed E-state index contributed by atoms with van der Waals surface area (Å²) >= 11 is 0. The summed E-state index contributed by atoms with van der Waals surface area (Å²) in [6.07, 6.45) is 4.02.